The second-order valence-electron chi connectivity index (χ2n) is 6.07. The van der Waals surface area contributed by atoms with E-state index in [1.54, 1.807) is 42.1 Å². The maximum absolute atomic E-state index is 12.8. The SMILES string of the molecule is CSCCC(NC(=O)c1ccccc1Cl)C(=O)NC(C)c1cccc(Cl)c1. The zero-order valence-electron chi connectivity index (χ0n) is 15.2. The Bertz CT molecular complexity index is 801. The fraction of sp³-hybridized carbons (Fsp3) is 0.300. The maximum Gasteiger partial charge on any atom is 0.253 e. The molecule has 4 nitrogen and oxygen atoms in total. The van der Waals surface area contributed by atoms with Gasteiger partial charge in [-0.2, -0.15) is 11.8 Å². The summed E-state index contributed by atoms with van der Waals surface area (Å²) in [6, 6.07) is 13.2. The fourth-order valence-corrected chi connectivity index (χ4v) is 3.45. The highest BCUT2D eigenvalue weighted by atomic mass is 35.5. The van der Waals surface area contributed by atoms with Gasteiger partial charge in [0.25, 0.3) is 5.91 Å². The third-order valence-corrected chi connectivity index (χ3v) is 5.27. The van der Waals surface area contributed by atoms with E-state index in [1.807, 2.05) is 31.4 Å². The van der Waals surface area contributed by atoms with Crippen molar-refractivity contribution in [2.45, 2.75) is 25.4 Å². The summed E-state index contributed by atoms with van der Waals surface area (Å²) >= 11 is 13.7. The first kappa shape index (κ1) is 21.6. The molecular formula is C20H22Cl2N2O2S. The molecule has 2 unspecified atom stereocenters. The van der Waals surface area contributed by atoms with Gasteiger partial charge in [-0.1, -0.05) is 47.5 Å². The van der Waals surface area contributed by atoms with Crippen LogP contribution in [0.5, 0.6) is 0 Å². The Hall–Kier alpha value is -1.69. The first-order valence-electron chi connectivity index (χ1n) is 8.52. The van der Waals surface area contributed by atoms with E-state index in [9.17, 15) is 9.59 Å². The van der Waals surface area contributed by atoms with Crippen molar-refractivity contribution < 1.29 is 9.59 Å². The van der Waals surface area contributed by atoms with Crippen LogP contribution in [0.2, 0.25) is 10.0 Å². The Balaban J connectivity index is 2.09. The molecule has 2 rings (SSSR count). The largest absolute Gasteiger partial charge is 0.348 e. The van der Waals surface area contributed by atoms with Crippen molar-refractivity contribution in [1.29, 1.82) is 0 Å². The summed E-state index contributed by atoms with van der Waals surface area (Å²) in [5.74, 6) is 0.140. The van der Waals surface area contributed by atoms with Gasteiger partial charge in [-0.15, -0.1) is 0 Å². The minimum Gasteiger partial charge on any atom is -0.348 e. The molecule has 2 aromatic carbocycles. The van der Waals surface area contributed by atoms with Crippen LogP contribution >= 0.6 is 35.0 Å². The molecule has 0 aliphatic carbocycles. The minimum absolute atomic E-state index is 0.231. The molecule has 0 aliphatic heterocycles. The highest BCUT2D eigenvalue weighted by Gasteiger charge is 2.23. The molecule has 7 heteroatoms. The molecule has 0 fully saturated rings. The van der Waals surface area contributed by atoms with Crippen LogP contribution in [0, 0.1) is 0 Å². The topological polar surface area (TPSA) is 58.2 Å². The van der Waals surface area contributed by atoms with Crippen LogP contribution in [-0.4, -0.2) is 29.9 Å². The third kappa shape index (κ3) is 6.45. The monoisotopic (exact) mass is 424 g/mol. The molecule has 0 radical (unpaired) electrons. The van der Waals surface area contributed by atoms with E-state index in [4.69, 9.17) is 23.2 Å². The number of rotatable bonds is 8. The van der Waals surface area contributed by atoms with Gasteiger partial charge in [0.2, 0.25) is 5.91 Å². The van der Waals surface area contributed by atoms with Gasteiger partial charge in [-0.05, 0) is 55.2 Å². The van der Waals surface area contributed by atoms with E-state index >= 15 is 0 Å². The number of halogens is 2. The van der Waals surface area contributed by atoms with Gasteiger partial charge < -0.3 is 10.6 Å². The van der Waals surface area contributed by atoms with Crippen molar-refractivity contribution in [2.75, 3.05) is 12.0 Å². The average molecular weight is 425 g/mol. The molecule has 2 N–H and O–H groups in total. The van der Waals surface area contributed by atoms with E-state index in [0.29, 0.717) is 22.0 Å². The molecule has 27 heavy (non-hydrogen) atoms. The Kier molecular flexibility index (Phi) is 8.48. The van der Waals surface area contributed by atoms with Crippen LogP contribution in [0.25, 0.3) is 0 Å². The van der Waals surface area contributed by atoms with E-state index in [0.717, 1.165) is 11.3 Å². The van der Waals surface area contributed by atoms with Gasteiger partial charge in [-0.25, -0.2) is 0 Å². The quantitative estimate of drug-likeness (QED) is 0.644. The minimum atomic E-state index is -0.650. The summed E-state index contributed by atoms with van der Waals surface area (Å²) in [6.45, 7) is 1.88. The molecule has 0 heterocycles. The number of thioether (sulfide) groups is 1. The zero-order chi connectivity index (χ0) is 19.8. The van der Waals surface area contributed by atoms with Crippen LogP contribution in [0.4, 0.5) is 0 Å². The van der Waals surface area contributed by atoms with E-state index < -0.39 is 6.04 Å². The number of carbonyl (C=O) groups excluding carboxylic acids is 2. The van der Waals surface area contributed by atoms with Gasteiger partial charge >= 0.3 is 0 Å². The molecule has 0 aromatic heterocycles. The highest BCUT2D eigenvalue weighted by Crippen LogP contribution is 2.18. The molecule has 0 saturated heterocycles. The molecule has 2 atom stereocenters. The Labute approximate surface area is 174 Å². The van der Waals surface area contributed by atoms with E-state index in [-0.39, 0.29) is 17.9 Å². The first-order chi connectivity index (χ1) is 12.9. The molecule has 0 bridgehead atoms. The molecule has 0 aliphatic rings. The predicted octanol–water partition coefficient (Wildman–Crippen LogP) is 4.72. The van der Waals surface area contributed by atoms with Crippen LogP contribution in [-0.2, 0) is 4.79 Å². The number of carbonyl (C=O) groups is 2. The fourth-order valence-electron chi connectivity index (χ4n) is 2.56. The summed E-state index contributed by atoms with van der Waals surface area (Å²) in [4.78, 5) is 25.3. The lowest BCUT2D eigenvalue weighted by Gasteiger charge is -2.22. The molecule has 2 amide bonds. The lowest BCUT2D eigenvalue weighted by Crippen LogP contribution is -2.47. The van der Waals surface area contributed by atoms with Crippen molar-refractivity contribution >= 4 is 46.8 Å². The van der Waals surface area contributed by atoms with E-state index in [2.05, 4.69) is 10.6 Å². The predicted molar refractivity (Wildman–Crippen MR) is 114 cm³/mol. The Morgan fingerprint density at radius 1 is 1.07 bits per heavy atom. The second-order valence-corrected chi connectivity index (χ2v) is 7.90. The van der Waals surface area contributed by atoms with Gasteiger partial charge in [0.05, 0.1) is 16.6 Å². The van der Waals surface area contributed by atoms with Gasteiger partial charge in [0.15, 0.2) is 0 Å². The van der Waals surface area contributed by atoms with Crippen molar-refractivity contribution in [3.8, 4) is 0 Å². The molecule has 0 saturated carbocycles. The Morgan fingerprint density at radius 2 is 1.81 bits per heavy atom. The van der Waals surface area contributed by atoms with Crippen molar-refractivity contribution in [3.63, 3.8) is 0 Å². The lowest BCUT2D eigenvalue weighted by atomic mass is 10.1. The standard InChI is InChI=1S/C20H22Cl2N2O2S/c1-13(14-6-5-7-15(21)12-14)23-20(26)18(10-11-27-2)24-19(25)16-8-3-4-9-17(16)22/h3-9,12-13,18H,10-11H2,1-2H3,(H,23,26)(H,24,25). The van der Waals surface area contributed by atoms with Crippen molar-refractivity contribution in [3.05, 3.63) is 69.7 Å². The summed E-state index contributed by atoms with van der Waals surface area (Å²) in [5, 5.41) is 6.72. The van der Waals surface area contributed by atoms with Crippen LogP contribution in [0.3, 0.4) is 0 Å². The molecule has 2 aromatic rings. The van der Waals surface area contributed by atoms with Crippen LogP contribution < -0.4 is 10.6 Å². The van der Waals surface area contributed by atoms with Crippen molar-refractivity contribution in [1.82, 2.24) is 10.6 Å². The van der Waals surface area contributed by atoms with Crippen LogP contribution in [0.1, 0.15) is 35.3 Å². The van der Waals surface area contributed by atoms with Gasteiger partial charge in [0, 0.05) is 5.02 Å². The molecule has 0 spiro atoms. The number of hydrogen-bond donors (Lipinski definition) is 2. The number of amides is 2. The summed E-state index contributed by atoms with van der Waals surface area (Å²) < 4.78 is 0. The lowest BCUT2D eigenvalue weighted by molar-refractivity contribution is -0.123. The highest BCUT2D eigenvalue weighted by molar-refractivity contribution is 7.98. The number of hydrogen-bond acceptors (Lipinski definition) is 3. The normalized spacial score (nSPS) is 12.9. The summed E-state index contributed by atoms with van der Waals surface area (Å²) in [7, 11) is 0. The summed E-state index contributed by atoms with van der Waals surface area (Å²) in [5.41, 5.74) is 1.25. The van der Waals surface area contributed by atoms with E-state index in [1.165, 1.54) is 0 Å². The smallest absolute Gasteiger partial charge is 0.253 e. The Morgan fingerprint density at radius 3 is 2.48 bits per heavy atom. The maximum atomic E-state index is 12.8. The van der Waals surface area contributed by atoms with Crippen molar-refractivity contribution in [2.24, 2.45) is 0 Å². The second kappa shape index (κ2) is 10.6. The van der Waals surface area contributed by atoms with Gasteiger partial charge in [-0.3, -0.25) is 9.59 Å². The average Bonchev–Trinajstić information content (AvgIpc) is 2.65. The first-order valence-corrected chi connectivity index (χ1v) is 10.7. The number of nitrogens with one attached hydrogen (secondary N) is 2. The van der Waals surface area contributed by atoms with Gasteiger partial charge in [0.1, 0.15) is 6.04 Å². The number of benzene rings is 2. The summed E-state index contributed by atoms with van der Waals surface area (Å²) in [6.07, 6.45) is 2.48. The molecule has 144 valence electrons. The van der Waals surface area contributed by atoms with Crippen LogP contribution in [0.15, 0.2) is 48.5 Å². The third-order valence-electron chi connectivity index (χ3n) is 4.06. The zero-order valence-corrected chi connectivity index (χ0v) is 17.5. The molecular weight excluding hydrogens is 403 g/mol.